The van der Waals surface area contributed by atoms with Gasteiger partial charge in [-0.3, -0.25) is 14.5 Å². The van der Waals surface area contributed by atoms with Crippen molar-refractivity contribution < 1.29 is 9.59 Å². The van der Waals surface area contributed by atoms with Crippen molar-refractivity contribution in [1.82, 2.24) is 9.80 Å². The molecular formula is C24H25ClN2O2. The summed E-state index contributed by atoms with van der Waals surface area (Å²) in [7, 11) is 0. The second kappa shape index (κ2) is 8.42. The molecule has 1 fully saturated rings. The van der Waals surface area contributed by atoms with Gasteiger partial charge in [0.15, 0.2) is 0 Å². The van der Waals surface area contributed by atoms with Gasteiger partial charge in [-0.1, -0.05) is 53.6 Å². The van der Waals surface area contributed by atoms with Gasteiger partial charge in [0.25, 0.3) is 11.8 Å². The third-order valence-corrected chi connectivity index (χ3v) is 5.95. The number of nitrogens with zero attached hydrogens (tertiary/aromatic N) is 2. The molecule has 0 aliphatic carbocycles. The summed E-state index contributed by atoms with van der Waals surface area (Å²) in [6, 6.07) is 15.4. The fraction of sp³-hybridized carbons (Fsp3) is 0.333. The minimum absolute atomic E-state index is 0.165. The number of imide groups is 1. The lowest BCUT2D eigenvalue weighted by Gasteiger charge is -2.29. The van der Waals surface area contributed by atoms with Crippen molar-refractivity contribution >= 4 is 29.0 Å². The zero-order valence-electron chi connectivity index (χ0n) is 16.7. The van der Waals surface area contributed by atoms with Crippen LogP contribution in [-0.4, -0.2) is 41.2 Å². The van der Waals surface area contributed by atoms with Crippen LogP contribution in [0.1, 0.15) is 36.0 Å². The number of hydrogen-bond acceptors (Lipinski definition) is 3. The highest BCUT2D eigenvalue weighted by Gasteiger charge is 2.41. The summed E-state index contributed by atoms with van der Waals surface area (Å²) in [5.41, 5.74) is 4.13. The van der Waals surface area contributed by atoms with E-state index < -0.39 is 0 Å². The number of aryl methyl sites for hydroxylation is 1. The molecule has 2 amide bonds. The maximum absolute atomic E-state index is 13.3. The Morgan fingerprint density at radius 2 is 1.52 bits per heavy atom. The van der Waals surface area contributed by atoms with Crippen LogP contribution in [-0.2, 0) is 16.0 Å². The minimum Gasteiger partial charge on any atom is -0.366 e. The van der Waals surface area contributed by atoms with E-state index in [0.29, 0.717) is 29.3 Å². The Bertz CT molecular complexity index is 942. The van der Waals surface area contributed by atoms with Crippen LogP contribution in [0.4, 0.5) is 0 Å². The summed E-state index contributed by atoms with van der Waals surface area (Å²) < 4.78 is 0. The molecule has 2 aromatic carbocycles. The van der Waals surface area contributed by atoms with Gasteiger partial charge in [0, 0.05) is 24.7 Å². The molecule has 2 aliphatic rings. The number of piperidine rings is 1. The number of rotatable bonds is 5. The Balaban J connectivity index is 1.63. The van der Waals surface area contributed by atoms with E-state index in [0.717, 1.165) is 42.6 Å². The highest BCUT2D eigenvalue weighted by atomic mass is 35.5. The lowest BCUT2D eigenvalue weighted by molar-refractivity contribution is -0.137. The third kappa shape index (κ3) is 4.08. The van der Waals surface area contributed by atoms with E-state index in [1.807, 2.05) is 55.5 Å². The summed E-state index contributed by atoms with van der Waals surface area (Å²) in [4.78, 5) is 30.2. The number of benzene rings is 2. The zero-order valence-corrected chi connectivity index (χ0v) is 17.4. The van der Waals surface area contributed by atoms with Crippen LogP contribution < -0.4 is 0 Å². The molecule has 0 spiro atoms. The van der Waals surface area contributed by atoms with E-state index in [9.17, 15) is 9.59 Å². The molecule has 4 rings (SSSR count). The summed E-state index contributed by atoms with van der Waals surface area (Å²) in [5.74, 6) is -0.352. The standard InChI is InChI=1S/C24H25ClN2O2/c1-17-5-9-19(10-6-17)21-22(26-14-3-2-4-15-26)24(29)27(23(21)28)16-13-18-7-11-20(25)12-8-18/h5-12H,2-4,13-16H2,1H3. The van der Waals surface area contributed by atoms with Crippen molar-refractivity contribution in [3.05, 3.63) is 75.9 Å². The van der Waals surface area contributed by atoms with E-state index in [1.54, 1.807) is 0 Å². The molecule has 0 saturated carbocycles. The van der Waals surface area contributed by atoms with Crippen LogP contribution in [0.2, 0.25) is 5.02 Å². The quantitative estimate of drug-likeness (QED) is 0.686. The predicted molar refractivity (Wildman–Crippen MR) is 115 cm³/mol. The molecule has 29 heavy (non-hydrogen) atoms. The molecular weight excluding hydrogens is 384 g/mol. The van der Waals surface area contributed by atoms with Gasteiger partial charge in [-0.05, 0) is 55.9 Å². The van der Waals surface area contributed by atoms with Crippen LogP contribution in [0.25, 0.3) is 5.57 Å². The first kappa shape index (κ1) is 19.7. The molecule has 0 atom stereocenters. The molecule has 0 bridgehead atoms. The fourth-order valence-electron chi connectivity index (χ4n) is 4.05. The average Bonchev–Trinajstić information content (AvgIpc) is 2.99. The number of halogens is 1. The minimum atomic E-state index is -0.187. The van der Waals surface area contributed by atoms with Crippen molar-refractivity contribution in [3.63, 3.8) is 0 Å². The van der Waals surface area contributed by atoms with Crippen molar-refractivity contribution in [1.29, 1.82) is 0 Å². The molecule has 5 heteroatoms. The molecule has 0 N–H and O–H groups in total. The summed E-state index contributed by atoms with van der Waals surface area (Å²) >= 11 is 5.96. The van der Waals surface area contributed by atoms with Gasteiger partial charge in [-0.25, -0.2) is 0 Å². The highest BCUT2D eigenvalue weighted by molar-refractivity contribution is 6.35. The monoisotopic (exact) mass is 408 g/mol. The molecule has 4 nitrogen and oxygen atoms in total. The molecule has 0 radical (unpaired) electrons. The van der Waals surface area contributed by atoms with Crippen LogP contribution >= 0.6 is 11.6 Å². The lowest BCUT2D eigenvalue weighted by Crippen LogP contribution is -2.38. The first-order valence-corrected chi connectivity index (χ1v) is 10.6. The van der Waals surface area contributed by atoms with Crippen LogP contribution in [0, 0.1) is 6.92 Å². The molecule has 150 valence electrons. The van der Waals surface area contributed by atoms with Gasteiger partial charge in [0.1, 0.15) is 5.70 Å². The summed E-state index contributed by atoms with van der Waals surface area (Å²) in [6.45, 7) is 4.04. The molecule has 2 aromatic rings. The molecule has 2 heterocycles. The maximum atomic E-state index is 13.3. The Hall–Kier alpha value is -2.59. The molecule has 2 aliphatic heterocycles. The smallest absolute Gasteiger partial charge is 0.277 e. The molecule has 0 aromatic heterocycles. The Labute approximate surface area is 176 Å². The van der Waals surface area contributed by atoms with Gasteiger partial charge in [0.2, 0.25) is 0 Å². The first-order valence-electron chi connectivity index (χ1n) is 10.2. The summed E-state index contributed by atoms with van der Waals surface area (Å²) in [6.07, 6.45) is 3.89. The Morgan fingerprint density at radius 1 is 0.862 bits per heavy atom. The fourth-order valence-corrected chi connectivity index (χ4v) is 4.18. The molecule has 0 unspecified atom stereocenters. The third-order valence-electron chi connectivity index (χ3n) is 5.69. The largest absolute Gasteiger partial charge is 0.366 e. The second-order valence-corrected chi connectivity index (χ2v) is 8.21. The Morgan fingerprint density at radius 3 is 2.17 bits per heavy atom. The van der Waals surface area contributed by atoms with Gasteiger partial charge in [-0.2, -0.15) is 0 Å². The van der Waals surface area contributed by atoms with Gasteiger partial charge < -0.3 is 4.90 Å². The second-order valence-electron chi connectivity index (χ2n) is 7.78. The van der Waals surface area contributed by atoms with E-state index in [1.165, 1.54) is 11.3 Å². The normalized spacial score (nSPS) is 17.4. The van der Waals surface area contributed by atoms with Crippen molar-refractivity contribution in [2.24, 2.45) is 0 Å². The number of carbonyl (C=O) groups is 2. The van der Waals surface area contributed by atoms with Crippen molar-refractivity contribution in [2.75, 3.05) is 19.6 Å². The number of carbonyl (C=O) groups excluding carboxylic acids is 2. The predicted octanol–water partition coefficient (Wildman–Crippen LogP) is 4.46. The maximum Gasteiger partial charge on any atom is 0.277 e. The van der Waals surface area contributed by atoms with Gasteiger partial charge >= 0.3 is 0 Å². The number of hydrogen-bond donors (Lipinski definition) is 0. The number of likely N-dealkylation sites (tertiary alicyclic amines) is 1. The van der Waals surface area contributed by atoms with E-state index in [4.69, 9.17) is 11.6 Å². The van der Waals surface area contributed by atoms with E-state index in [-0.39, 0.29) is 11.8 Å². The van der Waals surface area contributed by atoms with Crippen LogP contribution in [0.15, 0.2) is 54.2 Å². The van der Waals surface area contributed by atoms with E-state index >= 15 is 0 Å². The first-order chi connectivity index (χ1) is 14.0. The Kier molecular flexibility index (Phi) is 5.72. The van der Waals surface area contributed by atoms with Crippen LogP contribution in [0.5, 0.6) is 0 Å². The van der Waals surface area contributed by atoms with E-state index in [2.05, 4.69) is 4.90 Å². The average molecular weight is 409 g/mol. The number of amides is 2. The van der Waals surface area contributed by atoms with Gasteiger partial charge in [0.05, 0.1) is 5.57 Å². The van der Waals surface area contributed by atoms with Crippen LogP contribution in [0.3, 0.4) is 0 Å². The SMILES string of the molecule is Cc1ccc(C2=C(N3CCCCC3)C(=O)N(CCc3ccc(Cl)cc3)C2=O)cc1. The van der Waals surface area contributed by atoms with Gasteiger partial charge in [-0.15, -0.1) is 0 Å². The summed E-state index contributed by atoms with van der Waals surface area (Å²) in [5, 5.41) is 0.679. The zero-order chi connectivity index (χ0) is 20.4. The topological polar surface area (TPSA) is 40.6 Å². The highest BCUT2D eigenvalue weighted by Crippen LogP contribution is 2.33. The molecule has 1 saturated heterocycles. The van der Waals surface area contributed by atoms with Crippen molar-refractivity contribution in [2.45, 2.75) is 32.6 Å². The lowest BCUT2D eigenvalue weighted by atomic mass is 10.0. The van der Waals surface area contributed by atoms with Crippen molar-refractivity contribution in [3.8, 4) is 0 Å².